The van der Waals surface area contributed by atoms with E-state index < -0.39 is 24.0 Å². The monoisotopic (exact) mass is 393 g/mol. The average molecular weight is 394 g/mol. The zero-order chi connectivity index (χ0) is 18.7. The molecule has 1 aliphatic rings. The van der Waals surface area contributed by atoms with E-state index in [1.54, 1.807) is 29.6 Å². The van der Waals surface area contributed by atoms with Crippen LogP contribution in [0.15, 0.2) is 29.6 Å². The van der Waals surface area contributed by atoms with Crippen LogP contribution in [0.4, 0.5) is 4.79 Å². The number of halogens is 1. The molecule has 2 aromatic rings. The molecule has 1 atom stereocenters. The van der Waals surface area contributed by atoms with Crippen LogP contribution in [0.2, 0.25) is 5.02 Å². The molecule has 1 aromatic carbocycles. The van der Waals surface area contributed by atoms with Crippen molar-refractivity contribution in [1.29, 1.82) is 0 Å². The summed E-state index contributed by atoms with van der Waals surface area (Å²) in [5.41, 5.74) is 0.919. The Balaban J connectivity index is 1.56. The van der Waals surface area contributed by atoms with Crippen molar-refractivity contribution in [3.63, 3.8) is 0 Å². The molecular weight excluding hydrogens is 378 g/mol. The first-order chi connectivity index (χ1) is 12.4. The van der Waals surface area contributed by atoms with Crippen LogP contribution < -0.4 is 10.6 Å². The van der Waals surface area contributed by atoms with E-state index in [0.29, 0.717) is 10.0 Å². The molecule has 1 unspecified atom stereocenters. The molecule has 1 heterocycles. The molecule has 1 aliphatic carbocycles. The number of carbonyl (C=O) groups is 3. The highest BCUT2D eigenvalue weighted by Crippen LogP contribution is 2.25. The summed E-state index contributed by atoms with van der Waals surface area (Å²) in [6.07, 6.45) is 0.700. The number of ether oxygens (including phenoxy) is 1. The van der Waals surface area contributed by atoms with E-state index in [0.717, 1.165) is 18.4 Å². The molecule has 1 saturated carbocycles. The molecule has 3 rings (SSSR count). The van der Waals surface area contributed by atoms with Crippen LogP contribution in [-0.4, -0.2) is 35.0 Å². The zero-order valence-electron chi connectivity index (χ0n) is 13.8. The summed E-state index contributed by atoms with van der Waals surface area (Å²) >= 11 is 7.13. The normalized spacial score (nSPS) is 14.4. The molecule has 0 spiro atoms. The Bertz CT molecular complexity index is 833. The highest BCUT2D eigenvalue weighted by Gasteiger charge is 2.26. The van der Waals surface area contributed by atoms with E-state index >= 15 is 0 Å². The minimum Gasteiger partial charge on any atom is -0.448 e. The Kier molecular flexibility index (Phi) is 5.53. The van der Waals surface area contributed by atoms with Crippen molar-refractivity contribution in [2.75, 3.05) is 0 Å². The fraction of sp³-hybridized carbons (Fsp3) is 0.294. The number of urea groups is 1. The number of hydrogen-bond acceptors (Lipinski definition) is 6. The van der Waals surface area contributed by atoms with E-state index in [4.69, 9.17) is 16.3 Å². The van der Waals surface area contributed by atoms with Crippen molar-refractivity contribution >= 4 is 40.8 Å². The summed E-state index contributed by atoms with van der Waals surface area (Å²) in [5, 5.41) is 7.56. The third-order valence-corrected chi connectivity index (χ3v) is 4.75. The second-order valence-corrected chi connectivity index (χ2v) is 7.12. The van der Waals surface area contributed by atoms with Gasteiger partial charge in [-0.15, -0.1) is 11.3 Å². The van der Waals surface area contributed by atoms with Gasteiger partial charge < -0.3 is 10.1 Å². The van der Waals surface area contributed by atoms with Crippen LogP contribution in [0.1, 0.15) is 30.3 Å². The Hall–Kier alpha value is -2.45. The van der Waals surface area contributed by atoms with Gasteiger partial charge in [0.1, 0.15) is 5.01 Å². The Labute approximate surface area is 158 Å². The summed E-state index contributed by atoms with van der Waals surface area (Å²) in [6, 6.07) is 6.60. The zero-order valence-corrected chi connectivity index (χ0v) is 15.4. The minimum atomic E-state index is -1.12. The van der Waals surface area contributed by atoms with Crippen LogP contribution in [0.3, 0.4) is 0 Å². The highest BCUT2D eigenvalue weighted by molar-refractivity contribution is 7.13. The van der Waals surface area contributed by atoms with Crippen molar-refractivity contribution < 1.29 is 19.1 Å². The number of aromatic nitrogens is 1. The molecule has 2 N–H and O–H groups in total. The van der Waals surface area contributed by atoms with Gasteiger partial charge in [0.15, 0.2) is 11.8 Å². The van der Waals surface area contributed by atoms with Crippen molar-refractivity contribution in [2.45, 2.75) is 31.9 Å². The summed E-state index contributed by atoms with van der Waals surface area (Å²) < 4.78 is 5.08. The molecule has 0 saturated heterocycles. The molecule has 9 heteroatoms. The lowest BCUT2D eigenvalue weighted by atomic mass is 10.2. The lowest BCUT2D eigenvalue weighted by molar-refractivity contribution is -0.127. The van der Waals surface area contributed by atoms with Crippen LogP contribution in [0, 0.1) is 0 Å². The quantitative estimate of drug-likeness (QED) is 0.761. The molecular formula is C17H16ClN3O4S. The first-order valence-corrected chi connectivity index (χ1v) is 9.22. The molecule has 1 aromatic heterocycles. The molecule has 0 bridgehead atoms. The third-order valence-electron chi connectivity index (χ3n) is 3.61. The molecule has 0 radical (unpaired) electrons. The van der Waals surface area contributed by atoms with Gasteiger partial charge >= 0.3 is 12.0 Å². The largest absolute Gasteiger partial charge is 0.448 e. The van der Waals surface area contributed by atoms with Gasteiger partial charge in [-0.1, -0.05) is 23.7 Å². The molecule has 3 amide bonds. The predicted octanol–water partition coefficient (Wildman–Crippen LogP) is 3.00. The van der Waals surface area contributed by atoms with Gasteiger partial charge in [0.05, 0.1) is 0 Å². The van der Waals surface area contributed by atoms with Crippen LogP contribution >= 0.6 is 22.9 Å². The lowest BCUT2D eigenvalue weighted by Crippen LogP contribution is -2.45. The summed E-state index contributed by atoms with van der Waals surface area (Å²) in [4.78, 5) is 39.8. The van der Waals surface area contributed by atoms with Crippen LogP contribution in [0.5, 0.6) is 0 Å². The van der Waals surface area contributed by atoms with Gasteiger partial charge in [0, 0.05) is 22.0 Å². The summed E-state index contributed by atoms with van der Waals surface area (Å²) in [7, 11) is 0. The van der Waals surface area contributed by atoms with Crippen LogP contribution in [0.25, 0.3) is 10.6 Å². The molecule has 136 valence electrons. The smallest absolute Gasteiger partial charge is 0.358 e. The van der Waals surface area contributed by atoms with Crippen LogP contribution in [-0.2, 0) is 9.53 Å². The number of esters is 1. The fourth-order valence-corrected chi connectivity index (χ4v) is 2.95. The second kappa shape index (κ2) is 7.84. The lowest BCUT2D eigenvalue weighted by Gasteiger charge is -2.12. The van der Waals surface area contributed by atoms with Gasteiger partial charge in [-0.3, -0.25) is 10.1 Å². The topological polar surface area (TPSA) is 97.4 Å². The van der Waals surface area contributed by atoms with Gasteiger partial charge in [-0.2, -0.15) is 0 Å². The standard InChI is InChI=1S/C17H16ClN3O4S/c1-9(14(22)21-17(24)19-12-6-7-12)25-16(23)13-8-26-15(20-13)10-2-4-11(18)5-3-10/h2-5,8-9,12H,6-7H2,1H3,(H2,19,21,22,24). The Morgan fingerprint density at radius 3 is 2.62 bits per heavy atom. The maximum atomic E-state index is 12.2. The second-order valence-electron chi connectivity index (χ2n) is 5.83. The Morgan fingerprint density at radius 2 is 1.96 bits per heavy atom. The number of amides is 3. The number of carbonyl (C=O) groups excluding carboxylic acids is 3. The van der Waals surface area contributed by atoms with Crippen molar-refractivity contribution in [2.24, 2.45) is 0 Å². The van der Waals surface area contributed by atoms with Gasteiger partial charge in [0.25, 0.3) is 5.91 Å². The first kappa shape index (κ1) is 18.3. The average Bonchev–Trinajstić information content (AvgIpc) is 3.26. The Morgan fingerprint density at radius 1 is 1.27 bits per heavy atom. The molecule has 26 heavy (non-hydrogen) atoms. The van der Waals surface area contributed by atoms with Crippen molar-refractivity contribution in [1.82, 2.24) is 15.6 Å². The van der Waals surface area contributed by atoms with Gasteiger partial charge in [-0.25, -0.2) is 14.6 Å². The summed E-state index contributed by atoms with van der Waals surface area (Å²) in [5.74, 6) is -1.42. The highest BCUT2D eigenvalue weighted by atomic mass is 35.5. The maximum absolute atomic E-state index is 12.2. The predicted molar refractivity (Wildman–Crippen MR) is 97.1 cm³/mol. The van der Waals surface area contributed by atoms with E-state index in [2.05, 4.69) is 15.6 Å². The first-order valence-electron chi connectivity index (χ1n) is 7.96. The molecule has 1 fully saturated rings. The van der Waals surface area contributed by atoms with E-state index in [1.807, 2.05) is 0 Å². The SMILES string of the molecule is CC(OC(=O)c1csc(-c2ccc(Cl)cc2)n1)C(=O)NC(=O)NC1CC1. The number of rotatable bonds is 5. The van der Waals surface area contributed by atoms with Gasteiger partial charge in [-0.05, 0) is 31.9 Å². The number of nitrogens with zero attached hydrogens (tertiary/aromatic N) is 1. The maximum Gasteiger partial charge on any atom is 0.358 e. The molecule has 0 aliphatic heterocycles. The number of imide groups is 1. The van der Waals surface area contributed by atoms with E-state index in [-0.39, 0.29) is 11.7 Å². The fourth-order valence-electron chi connectivity index (χ4n) is 2.03. The van der Waals surface area contributed by atoms with Gasteiger partial charge in [0.2, 0.25) is 0 Å². The van der Waals surface area contributed by atoms with Crippen molar-refractivity contribution in [3.05, 3.63) is 40.4 Å². The number of thiazole rings is 1. The van der Waals surface area contributed by atoms with Crippen molar-refractivity contribution in [3.8, 4) is 10.6 Å². The minimum absolute atomic E-state index is 0.0991. The number of hydrogen-bond donors (Lipinski definition) is 2. The number of benzene rings is 1. The molecule has 7 nitrogen and oxygen atoms in total. The number of nitrogens with one attached hydrogen (secondary N) is 2. The van der Waals surface area contributed by atoms with E-state index in [1.165, 1.54) is 18.3 Å². The van der Waals surface area contributed by atoms with E-state index in [9.17, 15) is 14.4 Å². The summed E-state index contributed by atoms with van der Waals surface area (Å²) in [6.45, 7) is 1.39. The third kappa shape index (κ3) is 4.80.